The standard InChI is InChI=1S/C25H19BrN4O3/c1-15-7-11-19(12-8-15)30-22-20(21(28-30)23(31)27-17-5-3-2-4-6-17)24(32)29(25(22)33)18-13-9-16(26)10-14-18/h2-14,20,22H,1H3,(H,27,31)/t20-,22-/m0/s1. The molecule has 3 aromatic rings. The lowest BCUT2D eigenvalue weighted by molar-refractivity contribution is -0.122. The van der Waals surface area contributed by atoms with Crippen LogP contribution in [-0.4, -0.2) is 29.5 Å². The topological polar surface area (TPSA) is 82.1 Å². The van der Waals surface area contributed by atoms with E-state index in [2.05, 4.69) is 26.3 Å². The average Bonchev–Trinajstić information content (AvgIpc) is 3.33. The molecule has 164 valence electrons. The first kappa shape index (κ1) is 21.1. The SMILES string of the molecule is Cc1ccc(N2N=C(C(=O)Nc3ccccc3)[C@@H]3C(=O)N(c4ccc(Br)cc4)C(=O)[C@H]32)cc1. The normalized spacial score (nSPS) is 19.5. The maximum absolute atomic E-state index is 13.5. The van der Waals surface area contributed by atoms with Gasteiger partial charge in [-0.25, -0.2) is 4.90 Å². The Labute approximate surface area is 198 Å². The maximum Gasteiger partial charge on any atom is 0.272 e. The lowest BCUT2D eigenvalue weighted by Crippen LogP contribution is -2.39. The third-order valence-electron chi connectivity index (χ3n) is 5.70. The van der Waals surface area contributed by atoms with Crippen molar-refractivity contribution < 1.29 is 14.4 Å². The Morgan fingerprint density at radius 1 is 0.879 bits per heavy atom. The lowest BCUT2D eigenvalue weighted by Gasteiger charge is -2.22. The molecule has 3 aromatic carbocycles. The number of carbonyl (C=O) groups excluding carboxylic acids is 3. The van der Waals surface area contributed by atoms with Gasteiger partial charge in [-0.3, -0.25) is 19.4 Å². The molecule has 3 amide bonds. The Hall–Kier alpha value is -3.78. The van der Waals surface area contributed by atoms with Crippen molar-refractivity contribution in [3.63, 3.8) is 0 Å². The van der Waals surface area contributed by atoms with Crippen LogP contribution in [0.5, 0.6) is 0 Å². The van der Waals surface area contributed by atoms with Gasteiger partial charge in [0.2, 0.25) is 5.91 Å². The Morgan fingerprint density at radius 2 is 1.52 bits per heavy atom. The Balaban J connectivity index is 1.55. The van der Waals surface area contributed by atoms with Crippen molar-refractivity contribution in [1.82, 2.24) is 0 Å². The summed E-state index contributed by atoms with van der Waals surface area (Å²) in [7, 11) is 0. The van der Waals surface area contributed by atoms with Gasteiger partial charge in [-0.1, -0.05) is 51.8 Å². The van der Waals surface area contributed by atoms with E-state index in [1.54, 1.807) is 48.5 Å². The third-order valence-corrected chi connectivity index (χ3v) is 6.23. The highest BCUT2D eigenvalue weighted by molar-refractivity contribution is 9.10. The number of imide groups is 1. The highest BCUT2D eigenvalue weighted by Crippen LogP contribution is 2.38. The first-order valence-corrected chi connectivity index (χ1v) is 11.2. The second-order valence-corrected chi connectivity index (χ2v) is 8.81. The summed E-state index contributed by atoms with van der Waals surface area (Å²) >= 11 is 3.37. The van der Waals surface area contributed by atoms with Gasteiger partial charge >= 0.3 is 0 Å². The van der Waals surface area contributed by atoms with Crippen molar-refractivity contribution in [3.8, 4) is 0 Å². The molecule has 5 rings (SSSR count). The zero-order valence-corrected chi connectivity index (χ0v) is 19.2. The molecule has 33 heavy (non-hydrogen) atoms. The molecule has 0 unspecified atom stereocenters. The predicted octanol–water partition coefficient (Wildman–Crippen LogP) is 4.13. The number of fused-ring (bicyclic) bond motifs is 1. The number of benzene rings is 3. The second-order valence-electron chi connectivity index (χ2n) is 7.90. The van der Waals surface area contributed by atoms with Gasteiger partial charge in [0.15, 0.2) is 0 Å². The monoisotopic (exact) mass is 502 g/mol. The van der Waals surface area contributed by atoms with E-state index in [0.29, 0.717) is 17.1 Å². The van der Waals surface area contributed by atoms with E-state index in [-0.39, 0.29) is 5.71 Å². The number of carbonyl (C=O) groups is 3. The van der Waals surface area contributed by atoms with Gasteiger partial charge in [-0.15, -0.1) is 0 Å². The summed E-state index contributed by atoms with van der Waals surface area (Å²) in [4.78, 5) is 41.3. The van der Waals surface area contributed by atoms with Crippen LogP contribution < -0.4 is 15.2 Å². The minimum atomic E-state index is -1.01. The van der Waals surface area contributed by atoms with Crippen LogP contribution >= 0.6 is 15.9 Å². The van der Waals surface area contributed by atoms with Crippen LogP contribution in [-0.2, 0) is 14.4 Å². The number of aryl methyl sites for hydroxylation is 1. The van der Waals surface area contributed by atoms with E-state index < -0.39 is 29.7 Å². The fourth-order valence-corrected chi connectivity index (χ4v) is 4.34. The summed E-state index contributed by atoms with van der Waals surface area (Å²) in [5, 5.41) is 8.75. The molecule has 0 saturated carbocycles. The summed E-state index contributed by atoms with van der Waals surface area (Å²) in [5.74, 6) is -2.40. The smallest absolute Gasteiger partial charge is 0.272 e. The number of hydrogen-bond donors (Lipinski definition) is 1. The van der Waals surface area contributed by atoms with Gasteiger partial charge in [0.1, 0.15) is 17.7 Å². The molecule has 0 aliphatic carbocycles. The molecule has 1 fully saturated rings. The Morgan fingerprint density at radius 3 is 2.18 bits per heavy atom. The van der Waals surface area contributed by atoms with Crippen LogP contribution in [0.2, 0.25) is 0 Å². The Bertz CT molecular complexity index is 1270. The van der Waals surface area contributed by atoms with Gasteiger partial charge in [0.25, 0.3) is 11.8 Å². The number of amides is 3. The summed E-state index contributed by atoms with van der Waals surface area (Å²) in [6.07, 6.45) is 0. The van der Waals surface area contributed by atoms with E-state index >= 15 is 0 Å². The van der Waals surface area contributed by atoms with Crippen molar-refractivity contribution in [2.75, 3.05) is 15.2 Å². The molecule has 1 saturated heterocycles. The molecule has 0 radical (unpaired) electrons. The number of nitrogens with zero attached hydrogens (tertiary/aromatic N) is 3. The maximum atomic E-state index is 13.5. The van der Waals surface area contributed by atoms with E-state index in [1.807, 2.05) is 37.3 Å². The molecule has 2 aliphatic heterocycles. The molecule has 1 N–H and O–H groups in total. The zero-order valence-electron chi connectivity index (χ0n) is 17.6. The van der Waals surface area contributed by atoms with Crippen molar-refractivity contribution in [3.05, 3.63) is 88.9 Å². The first-order valence-electron chi connectivity index (χ1n) is 10.4. The number of halogens is 1. The van der Waals surface area contributed by atoms with Crippen molar-refractivity contribution in [2.24, 2.45) is 11.0 Å². The Kier molecular flexibility index (Phi) is 5.30. The summed E-state index contributed by atoms with van der Waals surface area (Å²) in [5.41, 5.74) is 2.73. The number of rotatable bonds is 4. The number of para-hydroxylation sites is 1. The molecular weight excluding hydrogens is 484 g/mol. The molecule has 0 spiro atoms. The molecule has 2 heterocycles. The quantitative estimate of drug-likeness (QED) is 0.543. The van der Waals surface area contributed by atoms with Crippen molar-refractivity contribution in [1.29, 1.82) is 0 Å². The molecule has 0 aromatic heterocycles. The molecule has 0 bridgehead atoms. The molecule has 8 heteroatoms. The van der Waals surface area contributed by atoms with E-state index in [4.69, 9.17) is 0 Å². The van der Waals surface area contributed by atoms with Gasteiger partial charge in [0.05, 0.1) is 11.4 Å². The molecular formula is C25H19BrN4O3. The van der Waals surface area contributed by atoms with Crippen LogP contribution in [0.1, 0.15) is 5.56 Å². The third kappa shape index (κ3) is 3.72. The van der Waals surface area contributed by atoms with Crippen LogP contribution in [0.3, 0.4) is 0 Å². The van der Waals surface area contributed by atoms with E-state index in [0.717, 1.165) is 14.9 Å². The van der Waals surface area contributed by atoms with Crippen molar-refractivity contribution >= 4 is 56.4 Å². The predicted molar refractivity (Wildman–Crippen MR) is 130 cm³/mol. The number of anilines is 3. The summed E-state index contributed by atoms with van der Waals surface area (Å²) < 4.78 is 0.830. The number of nitrogens with one attached hydrogen (secondary N) is 1. The summed E-state index contributed by atoms with van der Waals surface area (Å²) in [6.45, 7) is 1.96. The van der Waals surface area contributed by atoms with Crippen LogP contribution in [0.4, 0.5) is 17.1 Å². The zero-order chi connectivity index (χ0) is 23.1. The lowest BCUT2D eigenvalue weighted by atomic mass is 9.97. The molecule has 2 atom stereocenters. The van der Waals surface area contributed by atoms with Gasteiger partial charge in [0, 0.05) is 10.2 Å². The fourth-order valence-electron chi connectivity index (χ4n) is 4.07. The number of hydrazone groups is 1. The fraction of sp³-hybridized carbons (Fsp3) is 0.120. The second kappa shape index (κ2) is 8.29. The van der Waals surface area contributed by atoms with Gasteiger partial charge in [-0.05, 0) is 55.5 Å². The van der Waals surface area contributed by atoms with Gasteiger partial charge in [-0.2, -0.15) is 5.10 Å². The highest BCUT2D eigenvalue weighted by atomic mass is 79.9. The molecule has 7 nitrogen and oxygen atoms in total. The first-order chi connectivity index (χ1) is 15.9. The van der Waals surface area contributed by atoms with E-state index in [1.165, 1.54) is 5.01 Å². The van der Waals surface area contributed by atoms with Crippen LogP contribution in [0.15, 0.2) is 88.4 Å². The van der Waals surface area contributed by atoms with Crippen LogP contribution in [0, 0.1) is 12.8 Å². The highest BCUT2D eigenvalue weighted by Gasteiger charge is 2.58. The minimum absolute atomic E-state index is 0.0161. The number of hydrogen-bond acceptors (Lipinski definition) is 5. The molecule has 2 aliphatic rings. The van der Waals surface area contributed by atoms with E-state index in [9.17, 15) is 14.4 Å². The largest absolute Gasteiger partial charge is 0.321 e. The van der Waals surface area contributed by atoms with Gasteiger partial charge < -0.3 is 5.32 Å². The van der Waals surface area contributed by atoms with Crippen molar-refractivity contribution in [2.45, 2.75) is 13.0 Å². The average molecular weight is 503 g/mol. The summed E-state index contributed by atoms with van der Waals surface area (Å²) in [6, 6.07) is 22.4. The van der Waals surface area contributed by atoms with Crippen LogP contribution in [0.25, 0.3) is 0 Å². The minimum Gasteiger partial charge on any atom is -0.321 e.